The van der Waals surface area contributed by atoms with Crippen LogP contribution in [0.4, 0.5) is 10.1 Å². The summed E-state index contributed by atoms with van der Waals surface area (Å²) in [5.41, 5.74) is 1.91. The summed E-state index contributed by atoms with van der Waals surface area (Å²) in [4.78, 5) is 23.7. The van der Waals surface area contributed by atoms with Crippen LogP contribution in [-0.2, 0) is 16.1 Å². The Hall–Kier alpha value is -2.77. The SMILES string of the molecule is COCCNCC(=O)NCc1ccc(NC(=O)c2ccc(F)cc2)cc1. The van der Waals surface area contributed by atoms with E-state index in [0.717, 1.165) is 5.56 Å². The van der Waals surface area contributed by atoms with E-state index in [2.05, 4.69) is 16.0 Å². The Bertz CT molecular complexity index is 718. The molecule has 0 aliphatic carbocycles. The summed E-state index contributed by atoms with van der Waals surface area (Å²) in [6, 6.07) is 12.5. The van der Waals surface area contributed by atoms with Gasteiger partial charge in [-0.15, -0.1) is 0 Å². The largest absolute Gasteiger partial charge is 0.383 e. The molecule has 2 amide bonds. The van der Waals surface area contributed by atoms with Gasteiger partial charge >= 0.3 is 0 Å². The Balaban J connectivity index is 1.78. The summed E-state index contributed by atoms with van der Waals surface area (Å²) in [5.74, 6) is -0.801. The van der Waals surface area contributed by atoms with Crippen molar-refractivity contribution >= 4 is 17.5 Å². The van der Waals surface area contributed by atoms with E-state index in [1.807, 2.05) is 12.1 Å². The van der Waals surface area contributed by atoms with Crippen molar-refractivity contribution in [3.63, 3.8) is 0 Å². The van der Waals surface area contributed by atoms with Crippen LogP contribution in [0.3, 0.4) is 0 Å². The molecule has 0 aliphatic heterocycles. The summed E-state index contributed by atoms with van der Waals surface area (Å²) in [6.45, 7) is 1.80. The second-order valence-corrected chi connectivity index (χ2v) is 5.60. The molecule has 26 heavy (non-hydrogen) atoms. The zero-order valence-electron chi connectivity index (χ0n) is 14.5. The lowest BCUT2D eigenvalue weighted by Gasteiger charge is -2.08. The van der Waals surface area contributed by atoms with Gasteiger partial charge in [-0.1, -0.05) is 12.1 Å². The number of ether oxygens (including phenoxy) is 1. The van der Waals surface area contributed by atoms with Gasteiger partial charge in [-0.25, -0.2) is 4.39 Å². The van der Waals surface area contributed by atoms with Crippen molar-refractivity contribution < 1.29 is 18.7 Å². The van der Waals surface area contributed by atoms with E-state index in [1.165, 1.54) is 24.3 Å². The van der Waals surface area contributed by atoms with Crippen molar-refractivity contribution in [3.8, 4) is 0 Å². The Kier molecular flexibility index (Phi) is 7.73. The fourth-order valence-corrected chi connectivity index (χ4v) is 2.15. The monoisotopic (exact) mass is 359 g/mol. The van der Waals surface area contributed by atoms with Crippen LogP contribution in [0.5, 0.6) is 0 Å². The lowest BCUT2D eigenvalue weighted by atomic mass is 10.1. The summed E-state index contributed by atoms with van der Waals surface area (Å²) in [6.07, 6.45) is 0. The normalized spacial score (nSPS) is 10.4. The number of methoxy groups -OCH3 is 1. The molecule has 0 saturated carbocycles. The van der Waals surface area contributed by atoms with Crippen LogP contribution < -0.4 is 16.0 Å². The minimum Gasteiger partial charge on any atom is -0.383 e. The summed E-state index contributed by atoms with van der Waals surface area (Å²) >= 11 is 0. The Morgan fingerprint density at radius 2 is 1.73 bits per heavy atom. The van der Waals surface area contributed by atoms with E-state index in [0.29, 0.717) is 30.9 Å². The molecule has 0 spiro atoms. The molecule has 0 heterocycles. The van der Waals surface area contributed by atoms with E-state index in [-0.39, 0.29) is 24.2 Å². The van der Waals surface area contributed by atoms with Crippen molar-refractivity contribution in [2.45, 2.75) is 6.54 Å². The van der Waals surface area contributed by atoms with Crippen LogP contribution in [0.15, 0.2) is 48.5 Å². The number of benzene rings is 2. The third-order valence-electron chi connectivity index (χ3n) is 3.58. The predicted octanol–water partition coefficient (Wildman–Crippen LogP) is 1.93. The number of amides is 2. The quantitative estimate of drug-likeness (QED) is 0.598. The fraction of sp³-hybridized carbons (Fsp3) is 0.263. The van der Waals surface area contributed by atoms with Crippen molar-refractivity contribution in [2.24, 2.45) is 0 Å². The summed E-state index contributed by atoms with van der Waals surface area (Å²) in [7, 11) is 1.60. The number of rotatable bonds is 9. The average Bonchev–Trinajstić information content (AvgIpc) is 2.65. The van der Waals surface area contributed by atoms with Crippen molar-refractivity contribution in [2.75, 3.05) is 32.1 Å². The number of carbonyl (C=O) groups excluding carboxylic acids is 2. The molecule has 2 aromatic carbocycles. The van der Waals surface area contributed by atoms with Gasteiger partial charge in [-0.3, -0.25) is 9.59 Å². The van der Waals surface area contributed by atoms with Crippen molar-refractivity contribution in [1.82, 2.24) is 10.6 Å². The van der Waals surface area contributed by atoms with Gasteiger partial charge in [0.15, 0.2) is 0 Å². The van der Waals surface area contributed by atoms with Gasteiger partial charge in [-0.05, 0) is 42.0 Å². The van der Waals surface area contributed by atoms with Gasteiger partial charge in [-0.2, -0.15) is 0 Å². The maximum absolute atomic E-state index is 12.9. The minimum atomic E-state index is -0.387. The molecular formula is C19H22FN3O3. The van der Waals surface area contributed by atoms with Crippen LogP contribution in [0.1, 0.15) is 15.9 Å². The molecule has 3 N–H and O–H groups in total. The third kappa shape index (κ3) is 6.62. The first-order chi connectivity index (χ1) is 12.6. The molecule has 2 aromatic rings. The molecule has 0 aromatic heterocycles. The van der Waals surface area contributed by atoms with E-state index in [4.69, 9.17) is 4.74 Å². The molecule has 0 atom stereocenters. The maximum Gasteiger partial charge on any atom is 0.255 e. The Morgan fingerprint density at radius 3 is 2.38 bits per heavy atom. The lowest BCUT2D eigenvalue weighted by molar-refractivity contribution is -0.120. The van der Waals surface area contributed by atoms with Gasteiger partial charge in [0.1, 0.15) is 5.82 Å². The van der Waals surface area contributed by atoms with Crippen molar-refractivity contribution in [1.29, 1.82) is 0 Å². The molecule has 0 fully saturated rings. The predicted molar refractivity (Wildman–Crippen MR) is 97.4 cm³/mol. The molecule has 0 radical (unpaired) electrons. The topological polar surface area (TPSA) is 79.5 Å². The zero-order valence-corrected chi connectivity index (χ0v) is 14.5. The van der Waals surface area contributed by atoms with Crippen LogP contribution >= 0.6 is 0 Å². The number of hydrogen-bond acceptors (Lipinski definition) is 4. The molecule has 138 valence electrons. The van der Waals surface area contributed by atoms with Gasteiger partial charge in [0, 0.05) is 31.5 Å². The van der Waals surface area contributed by atoms with Gasteiger partial charge in [0.25, 0.3) is 5.91 Å². The van der Waals surface area contributed by atoms with Crippen LogP contribution in [-0.4, -0.2) is 38.6 Å². The molecule has 6 nitrogen and oxygen atoms in total. The summed E-state index contributed by atoms with van der Waals surface area (Å²) in [5, 5.41) is 8.51. The zero-order chi connectivity index (χ0) is 18.8. The molecule has 0 saturated heterocycles. The van der Waals surface area contributed by atoms with Crippen LogP contribution in [0.2, 0.25) is 0 Å². The molecule has 0 bridgehead atoms. The number of nitrogens with one attached hydrogen (secondary N) is 3. The second-order valence-electron chi connectivity index (χ2n) is 5.60. The van der Waals surface area contributed by atoms with E-state index in [1.54, 1.807) is 19.2 Å². The second kappa shape index (κ2) is 10.3. The highest BCUT2D eigenvalue weighted by Crippen LogP contribution is 2.12. The van der Waals surface area contributed by atoms with Crippen LogP contribution in [0.25, 0.3) is 0 Å². The number of hydrogen-bond donors (Lipinski definition) is 3. The molecule has 2 rings (SSSR count). The minimum absolute atomic E-state index is 0.102. The number of anilines is 1. The Labute approximate surface area is 151 Å². The van der Waals surface area contributed by atoms with E-state index >= 15 is 0 Å². The molecule has 7 heteroatoms. The van der Waals surface area contributed by atoms with Crippen molar-refractivity contribution in [3.05, 3.63) is 65.5 Å². The third-order valence-corrected chi connectivity index (χ3v) is 3.58. The van der Waals surface area contributed by atoms with Gasteiger partial charge < -0.3 is 20.7 Å². The van der Waals surface area contributed by atoms with E-state index in [9.17, 15) is 14.0 Å². The standard InChI is InChI=1S/C19H22FN3O3/c1-26-11-10-21-13-18(24)22-12-14-2-8-17(9-3-14)23-19(25)15-4-6-16(20)7-5-15/h2-9,21H,10-13H2,1H3,(H,22,24)(H,23,25). The van der Waals surface area contributed by atoms with E-state index < -0.39 is 0 Å². The molecule has 0 unspecified atom stereocenters. The first kappa shape index (κ1) is 19.6. The maximum atomic E-state index is 12.9. The molecule has 0 aliphatic rings. The fourth-order valence-electron chi connectivity index (χ4n) is 2.15. The molecular weight excluding hydrogens is 337 g/mol. The highest BCUT2D eigenvalue weighted by atomic mass is 19.1. The highest BCUT2D eigenvalue weighted by Gasteiger charge is 2.06. The Morgan fingerprint density at radius 1 is 1.04 bits per heavy atom. The first-order valence-electron chi connectivity index (χ1n) is 8.20. The number of halogens is 1. The van der Waals surface area contributed by atoms with Crippen LogP contribution in [0, 0.1) is 5.82 Å². The smallest absolute Gasteiger partial charge is 0.255 e. The van der Waals surface area contributed by atoms with Gasteiger partial charge in [0.2, 0.25) is 5.91 Å². The number of carbonyl (C=O) groups is 2. The first-order valence-corrected chi connectivity index (χ1v) is 8.20. The van der Waals surface area contributed by atoms with Gasteiger partial charge in [0.05, 0.1) is 13.2 Å². The average molecular weight is 359 g/mol. The summed E-state index contributed by atoms with van der Waals surface area (Å²) < 4.78 is 17.8. The lowest BCUT2D eigenvalue weighted by Crippen LogP contribution is -2.34. The highest BCUT2D eigenvalue weighted by molar-refractivity contribution is 6.04.